The van der Waals surface area contributed by atoms with Crippen LogP contribution in [0.25, 0.3) is 76.8 Å². The summed E-state index contributed by atoms with van der Waals surface area (Å²) in [6.07, 6.45) is 0. The number of nitrogens with zero attached hydrogens (tertiary/aromatic N) is 1. The molecule has 0 saturated heterocycles. The van der Waals surface area contributed by atoms with Gasteiger partial charge in [-0.3, -0.25) is 0 Å². The first-order chi connectivity index (χ1) is 35.8. The van der Waals surface area contributed by atoms with Gasteiger partial charge in [-0.2, -0.15) is 0 Å². The fraction of sp³-hybridized carbons (Fsp3) is 0.0833. The maximum Gasteiger partial charge on any atom is 0.0713 e. The van der Waals surface area contributed by atoms with Crippen LogP contribution in [0.2, 0.25) is 0 Å². The van der Waals surface area contributed by atoms with Crippen LogP contribution in [0.4, 0.5) is 17.1 Å². The van der Waals surface area contributed by atoms with Crippen molar-refractivity contribution in [2.45, 2.75) is 38.5 Å². The highest BCUT2D eigenvalue weighted by Crippen LogP contribution is 2.58. The van der Waals surface area contributed by atoms with Gasteiger partial charge in [-0.1, -0.05) is 202 Å². The molecule has 0 unspecified atom stereocenters. The minimum absolute atomic E-state index is 0.258. The maximum atomic E-state index is 2.54. The summed E-state index contributed by atoms with van der Waals surface area (Å²) in [6.45, 7) is 9.18. The Morgan fingerprint density at radius 2 is 0.740 bits per heavy atom. The smallest absolute Gasteiger partial charge is 0.0713 e. The van der Waals surface area contributed by atoms with Crippen LogP contribution in [0.5, 0.6) is 0 Å². The van der Waals surface area contributed by atoms with Crippen LogP contribution >= 0.6 is 0 Å². The summed E-state index contributed by atoms with van der Waals surface area (Å²) in [5, 5.41) is 7.50. The van der Waals surface area contributed by atoms with Gasteiger partial charge in [0.15, 0.2) is 0 Å². The lowest BCUT2D eigenvalue weighted by atomic mass is 9.67. The summed E-state index contributed by atoms with van der Waals surface area (Å²) in [5.74, 6) is 0. The van der Waals surface area contributed by atoms with Gasteiger partial charge in [0, 0.05) is 22.5 Å². The number of hydrogen-bond donors (Lipinski definition) is 0. The Morgan fingerprint density at radius 3 is 1.30 bits per heavy atom. The molecule has 0 heterocycles. The molecular weight excluding hydrogens is 879 g/mol. The zero-order chi connectivity index (χ0) is 49.0. The van der Waals surface area contributed by atoms with Crippen LogP contribution in [0.3, 0.4) is 0 Å². The van der Waals surface area contributed by atoms with Crippen LogP contribution in [0, 0.1) is 13.8 Å². The highest BCUT2D eigenvalue weighted by Gasteiger charge is 2.46. The topological polar surface area (TPSA) is 3.24 Å². The molecule has 14 rings (SSSR count). The fourth-order valence-corrected chi connectivity index (χ4v) is 13.1. The lowest BCUT2D eigenvalue weighted by Crippen LogP contribution is -2.28. The molecule has 0 aliphatic heterocycles. The second kappa shape index (κ2) is 16.4. The molecule has 0 atom stereocenters. The summed E-state index contributed by atoms with van der Waals surface area (Å²) < 4.78 is 0. The number of hydrogen-bond acceptors (Lipinski definition) is 1. The maximum absolute atomic E-state index is 2.54. The van der Waals surface area contributed by atoms with Crippen molar-refractivity contribution in [3.63, 3.8) is 0 Å². The molecule has 2 aliphatic rings. The molecule has 346 valence electrons. The van der Waals surface area contributed by atoms with Crippen LogP contribution in [-0.4, -0.2) is 0 Å². The van der Waals surface area contributed by atoms with Crippen LogP contribution in [0.15, 0.2) is 249 Å². The standard InChI is InChI=1S/C72H53N/c1-46-19-17-27-54(39-46)73(55-28-18-20-47(2)40-55)56-35-38-59-58-36-33-50(43-66(58)71(3,4)67(59)45-56)69-61-30-13-14-31-62(61)70(64-42-49-22-12-11-21-48(49)41-63(64)69)51-34-37-60-57-29-15-16-32-65(57)72(68(60)44-51,52-23-7-5-8-24-52)53-25-9-6-10-26-53/h5-45H,1-4H3. The third kappa shape index (κ3) is 6.48. The van der Waals surface area contributed by atoms with Gasteiger partial charge >= 0.3 is 0 Å². The second-order valence-corrected chi connectivity index (χ2v) is 21.0. The molecule has 0 aromatic heterocycles. The van der Waals surface area contributed by atoms with Crippen molar-refractivity contribution in [2.75, 3.05) is 4.90 Å². The number of benzene rings is 12. The molecule has 0 N–H and O–H groups in total. The molecule has 0 amide bonds. The number of anilines is 3. The largest absolute Gasteiger partial charge is 0.310 e. The average molecular weight is 932 g/mol. The normalized spacial score (nSPS) is 13.7. The third-order valence-electron chi connectivity index (χ3n) is 16.4. The Bertz CT molecular complexity index is 4110. The van der Waals surface area contributed by atoms with E-state index in [1.54, 1.807) is 0 Å². The summed E-state index contributed by atoms with van der Waals surface area (Å²) in [4.78, 5) is 2.41. The van der Waals surface area contributed by atoms with E-state index in [2.05, 4.69) is 281 Å². The fourth-order valence-electron chi connectivity index (χ4n) is 13.1. The third-order valence-corrected chi connectivity index (χ3v) is 16.4. The van der Waals surface area contributed by atoms with Crippen molar-refractivity contribution in [1.82, 2.24) is 0 Å². The average Bonchev–Trinajstić information content (AvgIpc) is 3.87. The summed E-state index contributed by atoms with van der Waals surface area (Å²) >= 11 is 0. The Kier molecular flexibility index (Phi) is 9.66. The van der Waals surface area contributed by atoms with E-state index < -0.39 is 5.41 Å². The summed E-state index contributed by atoms with van der Waals surface area (Å²) in [7, 11) is 0. The zero-order valence-corrected chi connectivity index (χ0v) is 41.6. The SMILES string of the molecule is Cc1cccc(N(c2cccc(C)c2)c2ccc3c(c2)C(C)(C)c2cc(-c4c5ccccc5c(-c5ccc6c(c5)C(c5ccccc5)(c5ccccc5)c5ccccc5-6)c5cc6ccccc6cc45)ccc2-3)c1. The van der Waals surface area contributed by atoms with E-state index in [0.29, 0.717) is 0 Å². The molecule has 1 heteroatoms. The molecule has 0 saturated carbocycles. The molecule has 12 aromatic carbocycles. The van der Waals surface area contributed by atoms with Crippen molar-refractivity contribution in [2.24, 2.45) is 0 Å². The zero-order valence-electron chi connectivity index (χ0n) is 41.6. The predicted molar refractivity (Wildman–Crippen MR) is 309 cm³/mol. The lowest BCUT2D eigenvalue weighted by molar-refractivity contribution is 0.660. The van der Waals surface area contributed by atoms with Gasteiger partial charge in [0.05, 0.1) is 5.41 Å². The molecule has 0 spiro atoms. The minimum atomic E-state index is -0.502. The van der Waals surface area contributed by atoms with Gasteiger partial charge < -0.3 is 4.90 Å². The van der Waals surface area contributed by atoms with Gasteiger partial charge in [-0.25, -0.2) is 0 Å². The Labute approximate surface area is 428 Å². The van der Waals surface area contributed by atoms with Gasteiger partial charge in [0.1, 0.15) is 0 Å². The van der Waals surface area contributed by atoms with Crippen LogP contribution < -0.4 is 4.90 Å². The monoisotopic (exact) mass is 931 g/mol. The van der Waals surface area contributed by atoms with Crippen LogP contribution in [-0.2, 0) is 10.8 Å². The first-order valence-corrected chi connectivity index (χ1v) is 25.7. The summed E-state index contributed by atoms with van der Waals surface area (Å²) in [6, 6.07) is 93.8. The Hall–Kier alpha value is -8.78. The van der Waals surface area contributed by atoms with E-state index in [1.807, 2.05) is 0 Å². The second-order valence-electron chi connectivity index (χ2n) is 21.0. The van der Waals surface area contributed by atoms with E-state index in [0.717, 1.165) is 17.1 Å². The highest BCUT2D eigenvalue weighted by atomic mass is 15.1. The minimum Gasteiger partial charge on any atom is -0.310 e. The molecule has 12 aromatic rings. The van der Waals surface area contributed by atoms with Crippen molar-refractivity contribution < 1.29 is 0 Å². The molecule has 1 nitrogen and oxygen atoms in total. The molecule has 0 bridgehead atoms. The lowest BCUT2D eigenvalue weighted by Gasteiger charge is -2.34. The van der Waals surface area contributed by atoms with E-state index in [9.17, 15) is 0 Å². The highest BCUT2D eigenvalue weighted by molar-refractivity contribution is 6.24. The van der Waals surface area contributed by atoms with Gasteiger partial charge in [0.2, 0.25) is 0 Å². The number of fused-ring (bicyclic) bond motifs is 9. The quantitative estimate of drug-likeness (QED) is 0.144. The molecule has 73 heavy (non-hydrogen) atoms. The first-order valence-electron chi connectivity index (χ1n) is 25.7. The predicted octanol–water partition coefficient (Wildman–Crippen LogP) is 19.2. The van der Waals surface area contributed by atoms with Gasteiger partial charge in [0.25, 0.3) is 0 Å². The van der Waals surface area contributed by atoms with E-state index >= 15 is 0 Å². The molecule has 0 fully saturated rings. The van der Waals surface area contributed by atoms with E-state index in [4.69, 9.17) is 0 Å². The van der Waals surface area contributed by atoms with E-state index in [-0.39, 0.29) is 5.41 Å². The Balaban J connectivity index is 0.975. The molecular formula is C72H53N. The van der Waals surface area contributed by atoms with Crippen molar-refractivity contribution >= 4 is 49.4 Å². The van der Waals surface area contributed by atoms with Gasteiger partial charge in [-0.05, 0) is 196 Å². The first kappa shape index (κ1) is 43.0. The van der Waals surface area contributed by atoms with Crippen LogP contribution in [0.1, 0.15) is 58.4 Å². The summed E-state index contributed by atoms with van der Waals surface area (Å²) in [5.41, 5.74) is 23.3. The van der Waals surface area contributed by atoms with E-state index in [1.165, 1.54) is 121 Å². The Morgan fingerprint density at radius 1 is 0.301 bits per heavy atom. The molecule has 0 radical (unpaired) electrons. The van der Waals surface area contributed by atoms with Crippen molar-refractivity contribution in [3.8, 4) is 44.5 Å². The van der Waals surface area contributed by atoms with Crippen molar-refractivity contribution in [1.29, 1.82) is 0 Å². The number of rotatable bonds is 7. The van der Waals surface area contributed by atoms with Crippen molar-refractivity contribution in [3.05, 3.63) is 293 Å². The number of aryl methyl sites for hydroxylation is 2. The van der Waals surface area contributed by atoms with Gasteiger partial charge in [-0.15, -0.1) is 0 Å². The molecule has 2 aliphatic carbocycles.